The first kappa shape index (κ1) is 17.4. The maximum Gasteiger partial charge on any atom is 0.179 e. The summed E-state index contributed by atoms with van der Waals surface area (Å²) in [5, 5.41) is 4.45. The van der Waals surface area contributed by atoms with Gasteiger partial charge >= 0.3 is 0 Å². The van der Waals surface area contributed by atoms with Crippen molar-refractivity contribution in [1.29, 1.82) is 0 Å². The van der Waals surface area contributed by atoms with Crippen molar-refractivity contribution >= 4 is 29.4 Å². The Balaban J connectivity index is 2.08. The molecule has 0 radical (unpaired) electrons. The second-order valence-electron chi connectivity index (χ2n) is 4.45. The number of benzene rings is 2. The molecule has 0 aromatic heterocycles. The van der Waals surface area contributed by atoms with E-state index < -0.39 is 5.82 Å². The molecule has 0 saturated heterocycles. The molecule has 0 fully saturated rings. The summed E-state index contributed by atoms with van der Waals surface area (Å²) >= 11 is 12.0. The Bertz CT molecular complexity index is 702. The topological polar surface area (TPSA) is 40.0 Å². The number of oxime groups is 1. The smallest absolute Gasteiger partial charge is 0.179 e. The zero-order valence-electron chi connectivity index (χ0n) is 12.5. The molecule has 2 aromatic rings. The normalized spacial score (nSPS) is 10.8. The molecule has 0 heterocycles. The van der Waals surface area contributed by atoms with Crippen molar-refractivity contribution in [3.05, 3.63) is 57.3 Å². The molecule has 4 nitrogen and oxygen atoms in total. The summed E-state index contributed by atoms with van der Waals surface area (Å²) in [6, 6.07) is 7.75. The van der Waals surface area contributed by atoms with Crippen LogP contribution in [0.25, 0.3) is 0 Å². The Morgan fingerprint density at radius 1 is 1.13 bits per heavy atom. The third-order valence-electron chi connectivity index (χ3n) is 3.00. The van der Waals surface area contributed by atoms with Crippen LogP contribution in [0.3, 0.4) is 0 Å². The predicted octanol–water partition coefficient (Wildman–Crippen LogP) is 4.70. The fourth-order valence-corrected chi connectivity index (χ4v) is 2.40. The van der Waals surface area contributed by atoms with Gasteiger partial charge in [-0.2, -0.15) is 0 Å². The van der Waals surface area contributed by atoms with Crippen molar-refractivity contribution in [3.63, 3.8) is 0 Å². The summed E-state index contributed by atoms with van der Waals surface area (Å²) in [7, 11) is 3.00. The van der Waals surface area contributed by atoms with Crippen LogP contribution in [0.4, 0.5) is 4.39 Å². The highest BCUT2D eigenvalue weighted by Gasteiger charge is 2.10. The number of rotatable bonds is 6. The van der Waals surface area contributed by atoms with Gasteiger partial charge in [-0.25, -0.2) is 4.39 Å². The highest BCUT2D eigenvalue weighted by Crippen LogP contribution is 2.35. The van der Waals surface area contributed by atoms with Crippen LogP contribution in [0, 0.1) is 5.82 Å². The lowest BCUT2D eigenvalue weighted by molar-refractivity contribution is 0.129. The highest BCUT2D eigenvalue weighted by molar-refractivity contribution is 6.32. The quantitative estimate of drug-likeness (QED) is 0.555. The first-order valence-electron chi connectivity index (χ1n) is 6.56. The van der Waals surface area contributed by atoms with Gasteiger partial charge in [-0.3, -0.25) is 0 Å². The molecule has 0 atom stereocenters. The molecular weight excluding hydrogens is 344 g/mol. The highest BCUT2D eigenvalue weighted by atomic mass is 35.5. The Morgan fingerprint density at radius 3 is 2.57 bits per heavy atom. The van der Waals surface area contributed by atoms with E-state index in [1.54, 1.807) is 18.2 Å². The third-order valence-corrected chi connectivity index (χ3v) is 3.64. The minimum atomic E-state index is -0.443. The molecule has 0 N–H and O–H groups in total. The van der Waals surface area contributed by atoms with E-state index >= 15 is 0 Å². The summed E-state index contributed by atoms with van der Waals surface area (Å²) in [5.74, 6) is 0.464. The lowest BCUT2D eigenvalue weighted by atomic mass is 10.2. The molecule has 0 aliphatic rings. The molecule has 0 spiro atoms. The Labute approximate surface area is 143 Å². The van der Waals surface area contributed by atoms with Crippen molar-refractivity contribution in [3.8, 4) is 11.5 Å². The fraction of sp³-hybridized carbons (Fsp3) is 0.188. The van der Waals surface area contributed by atoms with Crippen LogP contribution in [0.2, 0.25) is 10.0 Å². The number of methoxy groups -OCH3 is 2. The number of hydrogen-bond acceptors (Lipinski definition) is 4. The predicted molar refractivity (Wildman–Crippen MR) is 88.3 cm³/mol. The monoisotopic (exact) mass is 357 g/mol. The van der Waals surface area contributed by atoms with E-state index in [0.29, 0.717) is 22.1 Å². The molecule has 2 aromatic carbocycles. The van der Waals surface area contributed by atoms with Crippen molar-refractivity contribution in [2.24, 2.45) is 5.16 Å². The molecule has 0 aliphatic heterocycles. The Morgan fingerprint density at radius 2 is 1.91 bits per heavy atom. The summed E-state index contributed by atoms with van der Waals surface area (Å²) in [5.41, 5.74) is 0.893. The van der Waals surface area contributed by atoms with Crippen LogP contribution in [0.1, 0.15) is 11.1 Å². The van der Waals surface area contributed by atoms with Crippen LogP contribution in [-0.4, -0.2) is 20.4 Å². The van der Waals surface area contributed by atoms with Gasteiger partial charge in [0.1, 0.15) is 12.4 Å². The maximum absolute atomic E-state index is 13.6. The van der Waals surface area contributed by atoms with E-state index in [1.165, 1.54) is 32.6 Å². The minimum Gasteiger partial charge on any atom is -0.493 e. The van der Waals surface area contributed by atoms with Crippen molar-refractivity contribution in [2.75, 3.05) is 14.2 Å². The van der Waals surface area contributed by atoms with Crippen LogP contribution in [0.15, 0.2) is 35.5 Å². The van der Waals surface area contributed by atoms with Crippen LogP contribution < -0.4 is 9.47 Å². The van der Waals surface area contributed by atoms with E-state index in [0.717, 1.165) is 0 Å². The number of hydrogen-bond donors (Lipinski definition) is 0. The second-order valence-corrected chi connectivity index (χ2v) is 5.26. The van der Waals surface area contributed by atoms with Crippen LogP contribution in [0.5, 0.6) is 11.5 Å². The molecule has 122 valence electrons. The van der Waals surface area contributed by atoms with Gasteiger partial charge in [0.25, 0.3) is 0 Å². The molecular formula is C16H14Cl2FNO3. The Kier molecular flexibility index (Phi) is 6.07. The summed E-state index contributed by atoms with van der Waals surface area (Å²) < 4.78 is 23.9. The van der Waals surface area contributed by atoms with Gasteiger partial charge in [0.15, 0.2) is 11.5 Å². The molecule has 0 unspecified atom stereocenters. The van der Waals surface area contributed by atoms with E-state index in [4.69, 9.17) is 37.5 Å². The van der Waals surface area contributed by atoms with Gasteiger partial charge < -0.3 is 14.3 Å². The molecule has 0 amide bonds. The average Bonchev–Trinajstić information content (AvgIpc) is 2.53. The SMILES string of the molecule is COc1cc(/C=N\OCc2c(F)cccc2Cl)cc(Cl)c1OC. The standard InChI is InChI=1S/C16H14Cl2FNO3/c1-21-15-7-10(6-13(18)16(15)22-2)8-20-23-9-11-12(17)4-3-5-14(11)19/h3-8H,9H2,1-2H3/b20-8-. The summed E-state index contributed by atoms with van der Waals surface area (Å²) in [6.07, 6.45) is 1.43. The second kappa shape index (κ2) is 8.04. The largest absolute Gasteiger partial charge is 0.493 e. The number of nitrogens with zero attached hydrogens (tertiary/aromatic N) is 1. The first-order chi connectivity index (χ1) is 11.1. The summed E-state index contributed by atoms with van der Waals surface area (Å²) in [4.78, 5) is 5.09. The lowest BCUT2D eigenvalue weighted by Gasteiger charge is -2.09. The molecule has 23 heavy (non-hydrogen) atoms. The van der Waals surface area contributed by atoms with Crippen LogP contribution >= 0.6 is 23.2 Å². The fourth-order valence-electron chi connectivity index (χ4n) is 1.88. The first-order valence-corrected chi connectivity index (χ1v) is 7.32. The van der Waals surface area contributed by atoms with Gasteiger partial charge in [-0.05, 0) is 24.3 Å². The zero-order chi connectivity index (χ0) is 16.8. The van der Waals surface area contributed by atoms with Crippen molar-refractivity contribution in [1.82, 2.24) is 0 Å². The summed E-state index contributed by atoms with van der Waals surface area (Å²) in [6.45, 7) is -0.0803. The van der Waals surface area contributed by atoms with Gasteiger partial charge in [-0.1, -0.05) is 34.4 Å². The van der Waals surface area contributed by atoms with Gasteiger partial charge in [0, 0.05) is 11.1 Å². The number of ether oxygens (including phenoxy) is 2. The zero-order valence-corrected chi connectivity index (χ0v) is 14.0. The van der Waals surface area contributed by atoms with E-state index in [9.17, 15) is 4.39 Å². The van der Waals surface area contributed by atoms with E-state index in [1.807, 2.05) is 0 Å². The Hall–Kier alpha value is -1.98. The average molecular weight is 358 g/mol. The molecule has 0 saturated carbocycles. The third kappa shape index (κ3) is 4.27. The lowest BCUT2D eigenvalue weighted by Crippen LogP contribution is -1.95. The molecule has 0 bridgehead atoms. The van der Waals surface area contributed by atoms with Gasteiger partial charge in [-0.15, -0.1) is 0 Å². The molecule has 7 heteroatoms. The van der Waals surface area contributed by atoms with Gasteiger partial charge in [0.05, 0.1) is 30.5 Å². The molecule has 2 rings (SSSR count). The van der Waals surface area contributed by atoms with E-state index in [-0.39, 0.29) is 17.2 Å². The van der Waals surface area contributed by atoms with Crippen molar-refractivity contribution in [2.45, 2.75) is 6.61 Å². The van der Waals surface area contributed by atoms with Gasteiger partial charge in [0.2, 0.25) is 0 Å². The minimum absolute atomic E-state index is 0.0803. The van der Waals surface area contributed by atoms with Crippen LogP contribution in [-0.2, 0) is 11.4 Å². The van der Waals surface area contributed by atoms with Crippen molar-refractivity contribution < 1.29 is 18.7 Å². The maximum atomic E-state index is 13.6. The van der Waals surface area contributed by atoms with E-state index in [2.05, 4.69) is 5.16 Å². The molecule has 0 aliphatic carbocycles. The number of halogens is 3.